The number of benzene rings is 1. The zero-order chi connectivity index (χ0) is 11.6. The lowest BCUT2D eigenvalue weighted by molar-refractivity contribution is 0.201. The van der Waals surface area contributed by atoms with Crippen LogP contribution in [0.5, 0.6) is 0 Å². The molecule has 15 heavy (non-hydrogen) atoms. The zero-order valence-electron chi connectivity index (χ0n) is 7.94. The fraction of sp³-hybridized carbons (Fsp3) is 0.333. The Morgan fingerprint density at radius 3 is 2.60 bits per heavy atom. The van der Waals surface area contributed by atoms with E-state index in [9.17, 15) is 17.9 Å². The molecular weight excluding hydrogens is 243 g/mol. The molecule has 0 saturated heterocycles. The Kier molecular flexibility index (Phi) is 3.70. The number of aliphatic hydroxyl groups excluding tert-OH is 1. The second kappa shape index (κ2) is 4.47. The molecule has 0 spiro atoms. The molecule has 3 nitrogen and oxygen atoms in total. The van der Waals surface area contributed by atoms with Crippen LogP contribution >= 0.6 is 11.6 Å². The number of aliphatic hydroxyl groups is 1. The predicted molar refractivity (Wildman–Crippen MR) is 56.1 cm³/mol. The first kappa shape index (κ1) is 12.4. The molecule has 0 fully saturated rings. The van der Waals surface area contributed by atoms with E-state index in [1.807, 2.05) is 0 Å². The highest BCUT2D eigenvalue weighted by Gasteiger charge is 2.15. The van der Waals surface area contributed by atoms with Gasteiger partial charge in [0, 0.05) is 6.26 Å². The van der Waals surface area contributed by atoms with E-state index in [-0.39, 0.29) is 10.6 Å². The first-order chi connectivity index (χ1) is 6.79. The van der Waals surface area contributed by atoms with Crippen molar-refractivity contribution in [3.05, 3.63) is 34.6 Å². The van der Waals surface area contributed by atoms with Crippen LogP contribution in [-0.2, 0) is 9.84 Å². The largest absolute Gasteiger partial charge is 0.387 e. The lowest BCUT2D eigenvalue weighted by Gasteiger charge is -2.09. The van der Waals surface area contributed by atoms with E-state index in [1.165, 1.54) is 12.1 Å². The lowest BCUT2D eigenvalue weighted by Crippen LogP contribution is -2.12. The Bertz CT molecular complexity index is 458. The van der Waals surface area contributed by atoms with Crippen molar-refractivity contribution >= 4 is 21.4 Å². The minimum absolute atomic E-state index is 0.0645. The van der Waals surface area contributed by atoms with E-state index >= 15 is 0 Å². The summed E-state index contributed by atoms with van der Waals surface area (Å²) in [6.07, 6.45) is -0.227. The Morgan fingerprint density at radius 2 is 2.13 bits per heavy atom. The van der Waals surface area contributed by atoms with E-state index in [0.717, 1.165) is 12.3 Å². The molecule has 0 heterocycles. The summed E-state index contributed by atoms with van der Waals surface area (Å²) >= 11 is 5.44. The van der Waals surface area contributed by atoms with E-state index in [0.29, 0.717) is 0 Å². The van der Waals surface area contributed by atoms with Crippen LogP contribution in [0.2, 0.25) is 5.02 Å². The average molecular weight is 253 g/mol. The molecule has 1 atom stereocenters. The number of sulfone groups is 1. The molecule has 0 aliphatic carbocycles. The molecule has 0 aliphatic rings. The highest BCUT2D eigenvalue weighted by atomic mass is 35.5. The SMILES string of the molecule is CS(=O)(=O)CC(O)c1ccc(Cl)c(F)c1. The standard InChI is InChI=1S/C9H10ClFO3S/c1-15(13,14)5-9(12)6-2-3-7(10)8(11)4-6/h2-4,9,12H,5H2,1H3. The van der Waals surface area contributed by atoms with Gasteiger partial charge in [0.2, 0.25) is 0 Å². The van der Waals surface area contributed by atoms with Crippen molar-refractivity contribution in [2.75, 3.05) is 12.0 Å². The normalized spacial score (nSPS) is 13.9. The summed E-state index contributed by atoms with van der Waals surface area (Å²) in [6, 6.07) is 3.69. The van der Waals surface area contributed by atoms with Crippen molar-refractivity contribution in [3.8, 4) is 0 Å². The second-order valence-electron chi connectivity index (χ2n) is 3.28. The summed E-state index contributed by atoms with van der Waals surface area (Å²) in [5.41, 5.74) is 0.197. The zero-order valence-corrected chi connectivity index (χ0v) is 9.52. The van der Waals surface area contributed by atoms with E-state index < -0.39 is 27.5 Å². The Morgan fingerprint density at radius 1 is 1.53 bits per heavy atom. The van der Waals surface area contributed by atoms with Gasteiger partial charge in [-0.25, -0.2) is 12.8 Å². The van der Waals surface area contributed by atoms with Crippen molar-refractivity contribution < 1.29 is 17.9 Å². The fourth-order valence-corrected chi connectivity index (χ4v) is 1.99. The smallest absolute Gasteiger partial charge is 0.150 e. The fourth-order valence-electron chi connectivity index (χ4n) is 1.10. The van der Waals surface area contributed by atoms with E-state index in [1.54, 1.807) is 0 Å². The van der Waals surface area contributed by atoms with Crippen LogP contribution in [0.1, 0.15) is 11.7 Å². The molecule has 1 N–H and O–H groups in total. The molecule has 6 heteroatoms. The van der Waals surface area contributed by atoms with Crippen LogP contribution in [0, 0.1) is 5.82 Å². The van der Waals surface area contributed by atoms with Crippen LogP contribution in [-0.4, -0.2) is 25.5 Å². The number of halogens is 2. The van der Waals surface area contributed by atoms with Crippen molar-refractivity contribution in [2.45, 2.75) is 6.10 Å². The minimum Gasteiger partial charge on any atom is -0.387 e. The van der Waals surface area contributed by atoms with E-state index in [4.69, 9.17) is 11.6 Å². The van der Waals surface area contributed by atoms with Crippen molar-refractivity contribution in [1.29, 1.82) is 0 Å². The van der Waals surface area contributed by atoms with Gasteiger partial charge in [-0.05, 0) is 17.7 Å². The summed E-state index contributed by atoms with van der Waals surface area (Å²) < 4.78 is 34.8. The molecule has 0 aromatic heterocycles. The van der Waals surface area contributed by atoms with Crippen LogP contribution in [0.4, 0.5) is 4.39 Å². The van der Waals surface area contributed by atoms with E-state index in [2.05, 4.69) is 0 Å². The highest BCUT2D eigenvalue weighted by Crippen LogP contribution is 2.21. The molecule has 0 amide bonds. The van der Waals surface area contributed by atoms with Crippen molar-refractivity contribution in [3.63, 3.8) is 0 Å². The van der Waals surface area contributed by atoms with Gasteiger partial charge in [-0.1, -0.05) is 17.7 Å². The molecule has 84 valence electrons. The molecule has 0 bridgehead atoms. The molecule has 0 radical (unpaired) electrons. The van der Waals surface area contributed by atoms with Gasteiger partial charge in [-0.3, -0.25) is 0 Å². The van der Waals surface area contributed by atoms with Crippen LogP contribution in [0.3, 0.4) is 0 Å². The molecule has 0 saturated carbocycles. The summed E-state index contributed by atoms with van der Waals surface area (Å²) in [7, 11) is -3.30. The number of rotatable bonds is 3. The Labute approximate surface area is 92.4 Å². The summed E-state index contributed by atoms with van der Waals surface area (Å²) in [4.78, 5) is 0. The number of hydrogen-bond donors (Lipinski definition) is 1. The van der Waals surface area contributed by atoms with Gasteiger partial charge in [-0.15, -0.1) is 0 Å². The third kappa shape index (κ3) is 3.77. The van der Waals surface area contributed by atoms with Gasteiger partial charge in [0.1, 0.15) is 15.7 Å². The van der Waals surface area contributed by atoms with Gasteiger partial charge in [0.15, 0.2) is 0 Å². The third-order valence-corrected chi connectivity index (χ3v) is 3.02. The lowest BCUT2D eigenvalue weighted by atomic mass is 10.1. The van der Waals surface area contributed by atoms with Gasteiger partial charge >= 0.3 is 0 Å². The van der Waals surface area contributed by atoms with Gasteiger partial charge in [-0.2, -0.15) is 0 Å². The monoisotopic (exact) mass is 252 g/mol. The number of hydrogen-bond acceptors (Lipinski definition) is 3. The third-order valence-electron chi connectivity index (χ3n) is 1.79. The molecule has 0 aliphatic heterocycles. The average Bonchev–Trinajstić information content (AvgIpc) is 2.06. The summed E-state index contributed by atoms with van der Waals surface area (Å²) in [5, 5.41) is 9.42. The van der Waals surface area contributed by atoms with Gasteiger partial charge in [0.05, 0.1) is 16.9 Å². The summed E-state index contributed by atoms with van der Waals surface area (Å²) in [6.45, 7) is 0. The van der Waals surface area contributed by atoms with Crippen LogP contribution < -0.4 is 0 Å². The molecule has 1 unspecified atom stereocenters. The molecule has 1 rings (SSSR count). The van der Waals surface area contributed by atoms with Gasteiger partial charge < -0.3 is 5.11 Å². The Balaban J connectivity index is 2.92. The topological polar surface area (TPSA) is 54.4 Å². The summed E-state index contributed by atoms with van der Waals surface area (Å²) in [5.74, 6) is -1.12. The van der Waals surface area contributed by atoms with Crippen LogP contribution in [0.25, 0.3) is 0 Å². The maximum Gasteiger partial charge on any atom is 0.150 e. The van der Waals surface area contributed by atoms with Gasteiger partial charge in [0.25, 0.3) is 0 Å². The molecular formula is C9H10ClFO3S. The second-order valence-corrected chi connectivity index (χ2v) is 5.87. The Hall–Kier alpha value is -0.650. The van der Waals surface area contributed by atoms with Crippen LogP contribution in [0.15, 0.2) is 18.2 Å². The maximum atomic E-state index is 13.0. The predicted octanol–water partition coefficient (Wildman–Crippen LogP) is 1.56. The quantitative estimate of drug-likeness (QED) is 0.888. The first-order valence-electron chi connectivity index (χ1n) is 4.10. The first-order valence-corrected chi connectivity index (χ1v) is 6.54. The minimum atomic E-state index is -3.30. The van der Waals surface area contributed by atoms with Crippen molar-refractivity contribution in [1.82, 2.24) is 0 Å². The molecule has 1 aromatic rings. The molecule has 1 aromatic carbocycles. The highest BCUT2D eigenvalue weighted by molar-refractivity contribution is 7.90. The van der Waals surface area contributed by atoms with Crippen molar-refractivity contribution in [2.24, 2.45) is 0 Å². The maximum absolute atomic E-state index is 13.0.